The van der Waals surface area contributed by atoms with Gasteiger partial charge in [0.15, 0.2) is 11.5 Å². The normalized spacial score (nSPS) is 18.7. The summed E-state index contributed by atoms with van der Waals surface area (Å²) < 4.78 is 15.8. The molecule has 2 saturated heterocycles. The van der Waals surface area contributed by atoms with Crippen molar-refractivity contribution in [2.45, 2.75) is 44.6 Å². The fourth-order valence-corrected chi connectivity index (χ4v) is 7.02. The van der Waals surface area contributed by atoms with Crippen LogP contribution in [0.2, 0.25) is 0 Å². The van der Waals surface area contributed by atoms with Gasteiger partial charge < -0.3 is 25.8 Å². The predicted octanol–water partition coefficient (Wildman–Crippen LogP) is 3.38. The molecule has 8 rings (SSSR count). The Hall–Kier alpha value is -5.44. The zero-order valence-corrected chi connectivity index (χ0v) is 27.9. The molecule has 14 nitrogen and oxygen atoms in total. The first-order chi connectivity index (χ1) is 24.2. The molecule has 1 aromatic carbocycles. The summed E-state index contributed by atoms with van der Waals surface area (Å²) in [6.45, 7) is 3.37. The quantitative estimate of drug-likeness (QED) is 0.240. The molecule has 3 amide bonds. The van der Waals surface area contributed by atoms with E-state index in [0.29, 0.717) is 37.4 Å². The molecule has 3 aliphatic heterocycles. The van der Waals surface area contributed by atoms with Crippen LogP contribution >= 0.6 is 0 Å². The number of halogens is 1. The van der Waals surface area contributed by atoms with Crippen molar-refractivity contribution in [3.05, 3.63) is 71.4 Å². The van der Waals surface area contributed by atoms with Crippen LogP contribution in [0.4, 0.5) is 27.3 Å². The minimum atomic E-state index is -0.963. The molecule has 50 heavy (non-hydrogen) atoms. The van der Waals surface area contributed by atoms with Gasteiger partial charge in [-0.3, -0.25) is 24.0 Å². The standard InChI is InChI=1S/C35H38FN11O3/c1-37-34(49)31-28(13-30(42-43-31)41-33(48)20-9-10-20)40-26-7-4-6-24-25-14-38-47(29(25)19-44(2)32(24)26)23-17-45(18-23)16-22-5-3-8-27(39-22)35(50)46-12-11-21(36)15-46/h3-8,13-14,20-21,23H,9-12,15-19H2,1-2H3,(H,37,49)(H2,40,41,42,48)/t21-/m0/s1. The third-order valence-corrected chi connectivity index (χ3v) is 9.81. The maximum absolute atomic E-state index is 13.7. The summed E-state index contributed by atoms with van der Waals surface area (Å²) in [7, 11) is 3.56. The van der Waals surface area contributed by atoms with Crippen molar-refractivity contribution in [3.63, 3.8) is 0 Å². The van der Waals surface area contributed by atoms with Gasteiger partial charge in [-0.1, -0.05) is 18.2 Å². The van der Waals surface area contributed by atoms with Gasteiger partial charge in [0.25, 0.3) is 11.8 Å². The molecule has 4 aromatic rings. The van der Waals surface area contributed by atoms with Gasteiger partial charge in [-0.15, -0.1) is 10.2 Å². The number of amides is 3. The first-order valence-electron chi connectivity index (χ1n) is 17.0. The summed E-state index contributed by atoms with van der Waals surface area (Å²) in [6.07, 6.45) is 3.05. The number of pyridine rings is 1. The third-order valence-electron chi connectivity index (χ3n) is 9.81. The Kier molecular flexibility index (Phi) is 8.13. The van der Waals surface area contributed by atoms with E-state index in [-0.39, 0.29) is 41.8 Å². The van der Waals surface area contributed by atoms with Gasteiger partial charge >= 0.3 is 0 Å². The molecule has 6 heterocycles. The van der Waals surface area contributed by atoms with Crippen LogP contribution in [0.1, 0.15) is 57.7 Å². The molecule has 4 aliphatic rings. The molecule has 258 valence electrons. The lowest BCUT2D eigenvalue weighted by atomic mass is 9.97. The van der Waals surface area contributed by atoms with Gasteiger partial charge in [0.2, 0.25) is 5.91 Å². The van der Waals surface area contributed by atoms with Crippen LogP contribution in [0, 0.1) is 5.92 Å². The number of rotatable bonds is 9. The Bertz CT molecular complexity index is 1990. The predicted molar refractivity (Wildman–Crippen MR) is 184 cm³/mol. The van der Waals surface area contributed by atoms with Gasteiger partial charge in [0, 0.05) is 63.4 Å². The first-order valence-corrected chi connectivity index (χ1v) is 17.0. The highest BCUT2D eigenvalue weighted by atomic mass is 19.1. The van der Waals surface area contributed by atoms with Crippen LogP contribution < -0.4 is 20.9 Å². The summed E-state index contributed by atoms with van der Waals surface area (Å²) in [5, 5.41) is 21.9. The smallest absolute Gasteiger partial charge is 0.273 e. The molecule has 3 N–H and O–H groups in total. The van der Waals surface area contributed by atoms with Crippen LogP contribution in [0.5, 0.6) is 0 Å². The van der Waals surface area contributed by atoms with Crippen molar-refractivity contribution < 1.29 is 18.8 Å². The molecule has 3 aromatic heterocycles. The lowest BCUT2D eigenvalue weighted by Crippen LogP contribution is -2.48. The van der Waals surface area contributed by atoms with Gasteiger partial charge in [0.1, 0.15) is 11.9 Å². The number of carbonyl (C=O) groups is 3. The third kappa shape index (κ3) is 6.01. The van der Waals surface area contributed by atoms with E-state index >= 15 is 0 Å². The Labute approximate surface area is 288 Å². The number of hydrogen-bond acceptors (Lipinski definition) is 10. The second-order valence-electron chi connectivity index (χ2n) is 13.5. The van der Waals surface area contributed by atoms with Crippen LogP contribution in [-0.2, 0) is 17.9 Å². The summed E-state index contributed by atoms with van der Waals surface area (Å²) in [4.78, 5) is 48.6. The number of benzene rings is 1. The van der Waals surface area contributed by atoms with E-state index in [1.807, 2.05) is 37.5 Å². The zero-order chi connectivity index (χ0) is 34.5. The molecule has 3 fully saturated rings. The van der Waals surface area contributed by atoms with Crippen molar-refractivity contribution in [2.24, 2.45) is 5.92 Å². The van der Waals surface area contributed by atoms with E-state index in [2.05, 4.69) is 51.7 Å². The first kappa shape index (κ1) is 31.8. The summed E-state index contributed by atoms with van der Waals surface area (Å²) in [5.41, 5.74) is 6.61. The lowest BCUT2D eigenvalue weighted by Gasteiger charge is -2.40. The molecule has 0 radical (unpaired) electrons. The molecule has 1 saturated carbocycles. The highest BCUT2D eigenvalue weighted by molar-refractivity contribution is 6.01. The highest BCUT2D eigenvalue weighted by Gasteiger charge is 2.35. The number of anilines is 4. The topological polar surface area (TPSA) is 154 Å². The molecule has 0 spiro atoms. The molecule has 0 bridgehead atoms. The Morgan fingerprint density at radius 2 is 1.80 bits per heavy atom. The van der Waals surface area contributed by atoms with Crippen molar-refractivity contribution in [2.75, 3.05) is 55.8 Å². The largest absolute Gasteiger partial charge is 0.366 e. The van der Waals surface area contributed by atoms with Crippen molar-refractivity contribution in [1.29, 1.82) is 0 Å². The maximum Gasteiger partial charge on any atom is 0.273 e. The summed E-state index contributed by atoms with van der Waals surface area (Å²) in [6, 6.07) is 13.3. The van der Waals surface area contributed by atoms with E-state index < -0.39 is 12.1 Å². The van der Waals surface area contributed by atoms with Gasteiger partial charge in [0.05, 0.1) is 53.8 Å². The summed E-state index contributed by atoms with van der Waals surface area (Å²) in [5.74, 6) is -0.428. The van der Waals surface area contributed by atoms with Crippen molar-refractivity contribution in [3.8, 4) is 11.1 Å². The van der Waals surface area contributed by atoms with Crippen molar-refractivity contribution >= 4 is 40.6 Å². The summed E-state index contributed by atoms with van der Waals surface area (Å²) >= 11 is 0. The van der Waals surface area contributed by atoms with Crippen molar-refractivity contribution in [1.82, 2.24) is 40.1 Å². The number of aromatic nitrogens is 5. The molecule has 15 heteroatoms. The number of nitrogens with one attached hydrogen (secondary N) is 3. The van der Waals surface area contributed by atoms with Crippen LogP contribution in [0.3, 0.4) is 0 Å². The van der Waals surface area contributed by atoms with Crippen LogP contribution in [0.25, 0.3) is 11.1 Å². The highest BCUT2D eigenvalue weighted by Crippen LogP contribution is 2.45. The Morgan fingerprint density at radius 3 is 2.56 bits per heavy atom. The number of likely N-dealkylation sites (tertiary alicyclic amines) is 2. The van der Waals surface area contributed by atoms with E-state index in [9.17, 15) is 18.8 Å². The number of alkyl halides is 1. The molecule has 1 aliphatic carbocycles. The Morgan fingerprint density at radius 1 is 0.980 bits per heavy atom. The maximum atomic E-state index is 13.7. The number of para-hydroxylation sites is 1. The second kappa shape index (κ2) is 12.8. The molecular formula is C35H38FN11O3. The zero-order valence-electron chi connectivity index (χ0n) is 27.9. The molecular weight excluding hydrogens is 641 g/mol. The fraction of sp³-hybridized carbons (Fsp3) is 0.400. The number of nitrogens with zero attached hydrogens (tertiary/aromatic N) is 8. The van der Waals surface area contributed by atoms with Gasteiger partial charge in [-0.25, -0.2) is 9.37 Å². The molecule has 0 unspecified atom stereocenters. The second-order valence-corrected chi connectivity index (χ2v) is 13.5. The minimum absolute atomic E-state index is 0.000881. The monoisotopic (exact) mass is 679 g/mol. The average Bonchev–Trinajstić information content (AvgIpc) is 3.75. The van der Waals surface area contributed by atoms with Crippen LogP contribution in [-0.4, -0.2) is 98.9 Å². The molecule has 1 atom stereocenters. The Balaban J connectivity index is 0.983. The minimum Gasteiger partial charge on any atom is -0.366 e. The lowest BCUT2D eigenvalue weighted by molar-refractivity contribution is -0.117. The fourth-order valence-electron chi connectivity index (χ4n) is 7.02. The average molecular weight is 680 g/mol. The van der Waals surface area contributed by atoms with E-state index in [0.717, 1.165) is 59.8 Å². The number of carbonyl (C=O) groups excluding carboxylic acids is 3. The van der Waals surface area contributed by atoms with E-state index in [1.54, 1.807) is 12.1 Å². The van der Waals surface area contributed by atoms with E-state index in [4.69, 9.17) is 5.10 Å². The van der Waals surface area contributed by atoms with Crippen LogP contribution in [0.15, 0.2) is 48.7 Å². The SMILES string of the molecule is CNC(=O)c1nnc(NC(=O)C2CC2)cc1Nc1cccc2c1N(C)Cc1c-2cnn1C1CN(Cc2cccc(C(=O)N3CC[C@H](F)C3)n2)C1. The number of fused-ring (bicyclic) bond motifs is 3. The van der Waals surface area contributed by atoms with Gasteiger partial charge in [-0.05, 0) is 37.5 Å². The van der Waals surface area contributed by atoms with E-state index in [1.165, 1.54) is 11.9 Å². The van der Waals surface area contributed by atoms with Gasteiger partial charge in [-0.2, -0.15) is 5.10 Å². The number of hydrogen-bond donors (Lipinski definition) is 3.